The van der Waals surface area contributed by atoms with Gasteiger partial charge in [-0.15, -0.1) is 0 Å². The second-order valence-electron chi connectivity index (χ2n) is 10.9. The van der Waals surface area contributed by atoms with E-state index < -0.39 is 6.10 Å². The minimum Gasteiger partial charge on any atom is -0.506 e. The number of phenols is 1. The monoisotopic (exact) mass is 563 g/mol. The molecule has 206 valence electrons. The average molecular weight is 565 g/mol. The molecule has 3 aliphatic heterocycles. The van der Waals surface area contributed by atoms with Crippen LogP contribution in [0.3, 0.4) is 0 Å². The molecule has 2 saturated heterocycles. The summed E-state index contributed by atoms with van der Waals surface area (Å²) in [6.07, 6.45) is 2.70. The van der Waals surface area contributed by atoms with Gasteiger partial charge in [0.25, 0.3) is 5.91 Å². The molecular formula is C28H35Cl2N3O5. The summed E-state index contributed by atoms with van der Waals surface area (Å²) >= 11 is 12.3. The Kier molecular flexibility index (Phi) is 7.99. The van der Waals surface area contributed by atoms with Crippen molar-refractivity contribution in [1.82, 2.24) is 14.7 Å². The van der Waals surface area contributed by atoms with Crippen LogP contribution in [0.5, 0.6) is 17.2 Å². The molecule has 0 bridgehead atoms. The normalized spacial score (nSPS) is 21.5. The number of carbonyl (C=O) groups is 1. The van der Waals surface area contributed by atoms with Crippen molar-refractivity contribution in [3.05, 3.63) is 51.5 Å². The van der Waals surface area contributed by atoms with E-state index in [4.69, 9.17) is 32.7 Å². The highest BCUT2D eigenvalue weighted by Gasteiger charge is 2.42. The van der Waals surface area contributed by atoms with Crippen molar-refractivity contribution < 1.29 is 24.5 Å². The highest BCUT2D eigenvalue weighted by Crippen LogP contribution is 2.42. The van der Waals surface area contributed by atoms with Crippen molar-refractivity contribution in [2.75, 3.05) is 53.4 Å². The Bertz CT molecular complexity index is 1190. The fourth-order valence-corrected chi connectivity index (χ4v) is 6.07. The minimum atomic E-state index is -0.768. The van der Waals surface area contributed by atoms with E-state index in [1.807, 2.05) is 32.3 Å². The molecule has 1 spiro atoms. The van der Waals surface area contributed by atoms with Crippen LogP contribution in [0.4, 0.5) is 0 Å². The summed E-state index contributed by atoms with van der Waals surface area (Å²) in [5, 5.41) is 21.7. The van der Waals surface area contributed by atoms with E-state index in [2.05, 4.69) is 9.80 Å². The molecule has 0 radical (unpaired) electrons. The molecule has 2 fully saturated rings. The van der Waals surface area contributed by atoms with Crippen LogP contribution in [0.25, 0.3) is 0 Å². The zero-order valence-electron chi connectivity index (χ0n) is 21.8. The number of halogens is 2. The number of hydrogen-bond acceptors (Lipinski definition) is 7. The van der Waals surface area contributed by atoms with Crippen LogP contribution < -0.4 is 9.47 Å². The number of aliphatic hydroxyl groups excluding tert-OH is 1. The lowest BCUT2D eigenvalue weighted by atomic mass is 9.87. The number of rotatable bonds is 7. The Morgan fingerprint density at radius 1 is 1.21 bits per heavy atom. The third kappa shape index (κ3) is 5.84. The molecule has 1 amide bonds. The van der Waals surface area contributed by atoms with Gasteiger partial charge in [-0.2, -0.15) is 0 Å². The molecule has 5 rings (SSSR count). The van der Waals surface area contributed by atoms with Crippen LogP contribution in [-0.4, -0.2) is 102 Å². The SMILES string of the molecule is CN(C)[C@@H]1CCN(C(=O)c2cc(Cl)c(O)cc2OC[C@@H](O)CN2CCC3(CC2)Cc2cc(Cl)ccc2O3)C1. The Labute approximate surface area is 233 Å². The number of hydrogen-bond donors (Lipinski definition) is 2. The molecule has 2 aromatic rings. The first-order valence-corrected chi connectivity index (χ1v) is 13.9. The number of carbonyl (C=O) groups excluding carboxylic acids is 1. The Morgan fingerprint density at radius 2 is 1.97 bits per heavy atom. The lowest BCUT2D eigenvalue weighted by Crippen LogP contribution is -2.49. The summed E-state index contributed by atoms with van der Waals surface area (Å²) in [5.41, 5.74) is 1.24. The van der Waals surface area contributed by atoms with Crippen molar-refractivity contribution in [3.63, 3.8) is 0 Å². The largest absolute Gasteiger partial charge is 0.506 e. The number of piperidine rings is 1. The number of nitrogens with zero attached hydrogens (tertiary/aromatic N) is 3. The van der Waals surface area contributed by atoms with Gasteiger partial charge < -0.3 is 34.4 Å². The first-order valence-electron chi connectivity index (χ1n) is 13.1. The van der Waals surface area contributed by atoms with E-state index in [9.17, 15) is 15.0 Å². The quantitative estimate of drug-likeness (QED) is 0.531. The molecule has 0 aliphatic carbocycles. The lowest BCUT2D eigenvalue weighted by Gasteiger charge is -2.39. The number of β-amino-alcohol motifs (C(OH)–C–C–N with tert-alkyl or cyclic N) is 1. The molecule has 10 heteroatoms. The first-order chi connectivity index (χ1) is 18.1. The Hall–Kier alpha value is -2.23. The number of aliphatic hydroxyl groups is 1. The maximum Gasteiger partial charge on any atom is 0.257 e. The molecule has 3 aliphatic rings. The zero-order valence-corrected chi connectivity index (χ0v) is 23.3. The Morgan fingerprint density at radius 3 is 2.68 bits per heavy atom. The molecule has 8 nitrogen and oxygen atoms in total. The van der Waals surface area contributed by atoms with E-state index in [0.717, 1.165) is 55.1 Å². The number of benzene rings is 2. The van der Waals surface area contributed by atoms with Gasteiger partial charge in [-0.25, -0.2) is 0 Å². The van der Waals surface area contributed by atoms with Gasteiger partial charge in [0.05, 0.1) is 10.6 Å². The van der Waals surface area contributed by atoms with Gasteiger partial charge in [0.2, 0.25) is 0 Å². The molecule has 0 unspecified atom stereocenters. The number of fused-ring (bicyclic) bond motifs is 1. The van der Waals surface area contributed by atoms with Crippen LogP contribution in [0.1, 0.15) is 35.2 Å². The minimum absolute atomic E-state index is 0.0102. The summed E-state index contributed by atoms with van der Waals surface area (Å²) in [7, 11) is 4.01. The summed E-state index contributed by atoms with van der Waals surface area (Å²) in [6.45, 7) is 3.28. The van der Waals surface area contributed by atoms with Crippen molar-refractivity contribution in [2.45, 2.75) is 43.4 Å². The van der Waals surface area contributed by atoms with Gasteiger partial charge in [-0.05, 0) is 50.3 Å². The molecule has 2 atom stereocenters. The van der Waals surface area contributed by atoms with Crippen molar-refractivity contribution >= 4 is 29.1 Å². The molecule has 2 N–H and O–H groups in total. The zero-order chi connectivity index (χ0) is 27.0. The van der Waals surface area contributed by atoms with E-state index in [0.29, 0.717) is 25.7 Å². The standard InChI is InChI=1S/C28H35Cl2N3O5/c1-31(2)20-5-8-33(15-20)27(36)22-12-23(30)24(35)13-26(22)37-17-21(34)16-32-9-6-28(7-10-32)14-18-11-19(29)3-4-25(18)38-28/h3-4,11-13,20-21,34-35H,5-10,14-17H2,1-2H3/t20-,21+/m1/s1. The fraction of sp³-hybridized carbons (Fsp3) is 0.536. The summed E-state index contributed by atoms with van der Waals surface area (Å²) in [4.78, 5) is 19.4. The van der Waals surface area contributed by atoms with E-state index in [1.165, 1.54) is 12.1 Å². The summed E-state index contributed by atoms with van der Waals surface area (Å²) in [5.74, 6) is 0.776. The van der Waals surface area contributed by atoms with Crippen LogP contribution in [0, 0.1) is 0 Å². The number of phenolic OH excluding ortho intramolecular Hbond substituents is 1. The number of aromatic hydroxyl groups is 1. The summed E-state index contributed by atoms with van der Waals surface area (Å²) < 4.78 is 12.2. The van der Waals surface area contributed by atoms with Gasteiger partial charge in [-0.1, -0.05) is 23.2 Å². The smallest absolute Gasteiger partial charge is 0.257 e. The van der Waals surface area contributed by atoms with Gasteiger partial charge >= 0.3 is 0 Å². The second-order valence-corrected chi connectivity index (χ2v) is 11.8. The van der Waals surface area contributed by atoms with Crippen LogP contribution in [0.15, 0.2) is 30.3 Å². The molecule has 3 heterocycles. The van der Waals surface area contributed by atoms with Crippen molar-refractivity contribution in [3.8, 4) is 17.2 Å². The third-order valence-electron chi connectivity index (χ3n) is 7.99. The number of ether oxygens (including phenoxy) is 2. The maximum atomic E-state index is 13.3. The van der Waals surface area contributed by atoms with Crippen LogP contribution in [0.2, 0.25) is 10.0 Å². The van der Waals surface area contributed by atoms with Crippen molar-refractivity contribution in [2.24, 2.45) is 0 Å². The average Bonchev–Trinajstić information content (AvgIpc) is 3.51. The van der Waals surface area contributed by atoms with E-state index in [1.54, 1.807) is 4.90 Å². The fourth-order valence-electron chi connectivity index (χ4n) is 5.71. The topological polar surface area (TPSA) is 85.7 Å². The van der Waals surface area contributed by atoms with Gasteiger partial charge in [0.1, 0.15) is 35.6 Å². The number of amides is 1. The number of likely N-dealkylation sites (N-methyl/N-ethyl adjacent to an activating group) is 1. The highest BCUT2D eigenvalue weighted by molar-refractivity contribution is 6.32. The molecule has 0 aromatic heterocycles. The highest BCUT2D eigenvalue weighted by atomic mass is 35.5. The van der Waals surface area contributed by atoms with Crippen LogP contribution in [-0.2, 0) is 6.42 Å². The van der Waals surface area contributed by atoms with Gasteiger partial charge in [0.15, 0.2) is 0 Å². The molecular weight excluding hydrogens is 529 g/mol. The lowest BCUT2D eigenvalue weighted by molar-refractivity contribution is -0.00202. The van der Waals surface area contributed by atoms with Crippen molar-refractivity contribution in [1.29, 1.82) is 0 Å². The Balaban J connectivity index is 1.16. The molecule has 0 saturated carbocycles. The number of likely N-dealkylation sites (tertiary alicyclic amines) is 2. The molecule has 38 heavy (non-hydrogen) atoms. The third-order valence-corrected chi connectivity index (χ3v) is 8.53. The van der Waals surface area contributed by atoms with E-state index in [-0.39, 0.29) is 40.2 Å². The van der Waals surface area contributed by atoms with E-state index >= 15 is 0 Å². The predicted molar refractivity (Wildman–Crippen MR) is 147 cm³/mol. The summed E-state index contributed by atoms with van der Waals surface area (Å²) in [6, 6.07) is 8.88. The second kappa shape index (κ2) is 11.1. The maximum absolute atomic E-state index is 13.3. The predicted octanol–water partition coefficient (Wildman–Crippen LogP) is 3.68. The van der Waals surface area contributed by atoms with Gasteiger partial charge in [-0.3, -0.25) is 4.79 Å². The first kappa shape index (κ1) is 27.3. The van der Waals surface area contributed by atoms with Gasteiger partial charge in [0, 0.05) is 69.1 Å². The van der Waals surface area contributed by atoms with Crippen LogP contribution >= 0.6 is 23.2 Å². The molecule has 2 aromatic carbocycles.